The van der Waals surface area contributed by atoms with E-state index in [9.17, 15) is 13.2 Å². The summed E-state index contributed by atoms with van der Waals surface area (Å²) in [6.45, 7) is 1.26. The first kappa shape index (κ1) is 20.2. The van der Waals surface area contributed by atoms with E-state index in [1.165, 1.54) is 31.2 Å². The molecule has 7 nitrogen and oxygen atoms in total. The minimum absolute atomic E-state index is 0.0423. The van der Waals surface area contributed by atoms with E-state index < -0.39 is 25.9 Å². The summed E-state index contributed by atoms with van der Waals surface area (Å²) in [6.07, 6.45) is -1.06. The lowest BCUT2D eigenvalue weighted by Gasteiger charge is -2.27. The predicted molar refractivity (Wildman–Crippen MR) is 95.1 cm³/mol. The molecule has 0 saturated heterocycles. The number of carbonyl (C=O) groups is 1. The number of amides is 1. The molecule has 1 amide bonds. The second-order valence-electron chi connectivity index (χ2n) is 4.34. The molecule has 0 fully saturated rings. The quantitative estimate of drug-likeness (QED) is 0.334. The third-order valence-corrected chi connectivity index (χ3v) is 4.19. The number of benzene rings is 1. The standard InChI is InChI=1S/C11H13Cl3N4O3S2/c1-6(19)16-9(11(12,13)14)18-10(22)17-7-2-4-8(5-3-7)23(15,20)21/h2-5,9H,1H3,(H,16,19)(H2,15,20,21)(H2,17,18,22)/t9-/m0/s1. The number of rotatable bonds is 4. The highest BCUT2D eigenvalue weighted by Gasteiger charge is 2.33. The fraction of sp³-hybridized carbons (Fsp3) is 0.273. The second kappa shape index (κ2) is 7.82. The number of primary sulfonamides is 1. The van der Waals surface area contributed by atoms with Crippen molar-refractivity contribution in [2.45, 2.75) is 21.8 Å². The molecule has 1 aromatic carbocycles. The van der Waals surface area contributed by atoms with Crippen LogP contribution in [0.25, 0.3) is 0 Å². The smallest absolute Gasteiger partial charge is 0.238 e. The Balaban J connectivity index is 2.77. The van der Waals surface area contributed by atoms with Gasteiger partial charge in [-0.3, -0.25) is 4.79 Å². The van der Waals surface area contributed by atoms with Crippen molar-refractivity contribution < 1.29 is 13.2 Å². The molecule has 23 heavy (non-hydrogen) atoms. The van der Waals surface area contributed by atoms with Gasteiger partial charge >= 0.3 is 0 Å². The van der Waals surface area contributed by atoms with Gasteiger partial charge in [0.05, 0.1) is 4.90 Å². The highest BCUT2D eigenvalue weighted by molar-refractivity contribution is 7.89. The van der Waals surface area contributed by atoms with Crippen LogP contribution in [-0.4, -0.2) is 29.4 Å². The van der Waals surface area contributed by atoms with Gasteiger partial charge < -0.3 is 16.0 Å². The molecule has 0 unspecified atom stereocenters. The number of hydrogen-bond donors (Lipinski definition) is 4. The third kappa shape index (κ3) is 7.06. The molecular formula is C11H13Cl3N4O3S2. The highest BCUT2D eigenvalue weighted by Crippen LogP contribution is 2.29. The summed E-state index contributed by atoms with van der Waals surface area (Å²) in [7, 11) is -3.78. The van der Waals surface area contributed by atoms with Gasteiger partial charge in [-0.1, -0.05) is 34.8 Å². The average molecular weight is 420 g/mol. The molecule has 0 heterocycles. The number of carbonyl (C=O) groups excluding carboxylic acids is 1. The minimum atomic E-state index is -3.78. The summed E-state index contributed by atoms with van der Waals surface area (Å²) in [5.74, 6) is -0.422. The summed E-state index contributed by atoms with van der Waals surface area (Å²) in [4.78, 5) is 11.1. The molecule has 12 heteroatoms. The van der Waals surface area contributed by atoms with Crippen molar-refractivity contribution in [2.75, 3.05) is 5.32 Å². The van der Waals surface area contributed by atoms with Crippen LogP contribution in [0.15, 0.2) is 29.2 Å². The van der Waals surface area contributed by atoms with Crippen molar-refractivity contribution in [2.24, 2.45) is 5.14 Å². The van der Waals surface area contributed by atoms with Crippen molar-refractivity contribution in [3.63, 3.8) is 0 Å². The number of halogens is 3. The summed E-state index contributed by atoms with van der Waals surface area (Å²) in [5, 5.41) is 12.8. The summed E-state index contributed by atoms with van der Waals surface area (Å²) in [6, 6.07) is 5.52. The Morgan fingerprint density at radius 2 is 1.74 bits per heavy atom. The predicted octanol–water partition coefficient (Wildman–Crippen LogP) is 1.45. The topological polar surface area (TPSA) is 113 Å². The molecule has 1 rings (SSSR count). The molecule has 0 saturated carbocycles. The second-order valence-corrected chi connectivity index (χ2v) is 8.68. The zero-order chi connectivity index (χ0) is 17.8. The maximum atomic E-state index is 11.2. The largest absolute Gasteiger partial charge is 0.339 e. The van der Waals surface area contributed by atoms with E-state index in [4.69, 9.17) is 52.2 Å². The number of hydrogen-bond acceptors (Lipinski definition) is 4. The van der Waals surface area contributed by atoms with Gasteiger partial charge in [-0.15, -0.1) is 0 Å². The van der Waals surface area contributed by atoms with Gasteiger partial charge in [0.15, 0.2) is 5.11 Å². The molecule has 1 aromatic rings. The number of sulfonamides is 1. The Bertz CT molecular complexity index is 689. The van der Waals surface area contributed by atoms with Crippen LogP contribution in [0.1, 0.15) is 6.92 Å². The first-order valence-electron chi connectivity index (χ1n) is 5.94. The Hall–Kier alpha value is -0.840. The summed E-state index contributed by atoms with van der Waals surface area (Å²) in [5.41, 5.74) is 0.473. The molecule has 0 radical (unpaired) electrons. The van der Waals surface area contributed by atoms with E-state index in [0.717, 1.165) is 0 Å². The van der Waals surface area contributed by atoms with Gasteiger partial charge in [0, 0.05) is 12.6 Å². The van der Waals surface area contributed by atoms with Gasteiger partial charge in [-0.25, -0.2) is 13.6 Å². The Kier molecular flexibility index (Phi) is 6.87. The summed E-state index contributed by atoms with van der Waals surface area (Å²) < 4.78 is 20.5. The maximum Gasteiger partial charge on any atom is 0.238 e. The van der Waals surface area contributed by atoms with Crippen LogP contribution in [0.2, 0.25) is 0 Å². The van der Waals surface area contributed by atoms with Crippen molar-refractivity contribution >= 4 is 73.8 Å². The first-order valence-corrected chi connectivity index (χ1v) is 9.02. The minimum Gasteiger partial charge on any atom is -0.339 e. The van der Waals surface area contributed by atoms with E-state index in [-0.39, 0.29) is 10.0 Å². The number of anilines is 1. The van der Waals surface area contributed by atoms with E-state index in [1.54, 1.807) is 0 Å². The van der Waals surface area contributed by atoms with Gasteiger partial charge in [0.25, 0.3) is 0 Å². The van der Waals surface area contributed by atoms with Gasteiger partial charge in [0.1, 0.15) is 6.17 Å². The fourth-order valence-corrected chi connectivity index (χ4v) is 2.51. The number of nitrogens with one attached hydrogen (secondary N) is 3. The van der Waals surface area contributed by atoms with Crippen molar-refractivity contribution in [1.82, 2.24) is 10.6 Å². The van der Waals surface area contributed by atoms with Gasteiger partial charge in [-0.2, -0.15) is 0 Å². The van der Waals surface area contributed by atoms with Crippen LogP contribution in [0.4, 0.5) is 5.69 Å². The summed E-state index contributed by atoms with van der Waals surface area (Å²) >= 11 is 22.3. The van der Waals surface area contributed by atoms with Crippen LogP contribution in [0.5, 0.6) is 0 Å². The molecular weight excluding hydrogens is 407 g/mol. The zero-order valence-electron chi connectivity index (χ0n) is 11.6. The van der Waals surface area contributed by atoms with E-state index in [2.05, 4.69) is 16.0 Å². The Morgan fingerprint density at radius 1 is 1.22 bits per heavy atom. The number of thiocarbonyl (C=S) groups is 1. The lowest BCUT2D eigenvalue weighted by molar-refractivity contribution is -0.119. The maximum absolute atomic E-state index is 11.2. The third-order valence-electron chi connectivity index (χ3n) is 2.39. The molecule has 0 aliphatic heterocycles. The molecule has 0 bridgehead atoms. The zero-order valence-corrected chi connectivity index (χ0v) is 15.5. The molecule has 5 N–H and O–H groups in total. The van der Waals surface area contributed by atoms with Crippen LogP contribution >= 0.6 is 47.0 Å². The van der Waals surface area contributed by atoms with Crippen LogP contribution in [-0.2, 0) is 14.8 Å². The normalized spacial score (nSPS) is 13.1. The number of alkyl halides is 3. The Labute approximate surface area is 153 Å². The van der Waals surface area contributed by atoms with Crippen molar-refractivity contribution in [1.29, 1.82) is 0 Å². The highest BCUT2D eigenvalue weighted by atomic mass is 35.6. The van der Waals surface area contributed by atoms with E-state index in [1.807, 2.05) is 0 Å². The first-order chi connectivity index (χ1) is 10.4. The fourth-order valence-electron chi connectivity index (χ4n) is 1.43. The number of nitrogens with two attached hydrogens (primary N) is 1. The van der Waals surface area contributed by atoms with Crippen molar-refractivity contribution in [3.05, 3.63) is 24.3 Å². The molecule has 128 valence electrons. The van der Waals surface area contributed by atoms with Crippen LogP contribution in [0, 0.1) is 0 Å². The molecule has 0 aliphatic carbocycles. The molecule has 0 aliphatic rings. The molecule has 0 spiro atoms. The van der Waals surface area contributed by atoms with E-state index in [0.29, 0.717) is 5.69 Å². The lowest BCUT2D eigenvalue weighted by atomic mass is 10.3. The van der Waals surface area contributed by atoms with Crippen LogP contribution < -0.4 is 21.1 Å². The SMILES string of the molecule is CC(=O)N[C@@H](NC(=S)Nc1ccc(S(N)(=O)=O)cc1)C(Cl)(Cl)Cl. The van der Waals surface area contributed by atoms with Gasteiger partial charge in [-0.05, 0) is 36.5 Å². The van der Waals surface area contributed by atoms with E-state index >= 15 is 0 Å². The van der Waals surface area contributed by atoms with Crippen LogP contribution in [0.3, 0.4) is 0 Å². The van der Waals surface area contributed by atoms with Crippen molar-refractivity contribution in [3.8, 4) is 0 Å². The molecule has 0 aromatic heterocycles. The Morgan fingerprint density at radius 3 is 2.13 bits per heavy atom. The average Bonchev–Trinajstić information content (AvgIpc) is 2.35. The monoisotopic (exact) mass is 418 g/mol. The van der Waals surface area contributed by atoms with Gasteiger partial charge in [0.2, 0.25) is 19.7 Å². The molecule has 1 atom stereocenters. The lowest BCUT2D eigenvalue weighted by Crippen LogP contribution is -2.55.